The molecule has 21 heteroatoms. The summed E-state index contributed by atoms with van der Waals surface area (Å²) in [5, 5.41) is 68.4. The summed E-state index contributed by atoms with van der Waals surface area (Å²) >= 11 is 0. The minimum absolute atomic E-state index is 0.0653. The molecule has 4 aliphatic rings. The van der Waals surface area contributed by atoms with Gasteiger partial charge in [0.05, 0.1) is 60.3 Å². The van der Waals surface area contributed by atoms with Crippen LogP contribution in [0.25, 0.3) is 0 Å². The Morgan fingerprint density at radius 1 is 0.932 bits per heavy atom. The van der Waals surface area contributed by atoms with Gasteiger partial charge in [-0.15, -0.1) is 5.10 Å². The number of benzene rings is 1. The van der Waals surface area contributed by atoms with E-state index in [1.165, 1.54) is 25.9 Å². The van der Waals surface area contributed by atoms with Gasteiger partial charge in [-0.05, 0) is 119 Å². The minimum atomic E-state index is -1.85. The van der Waals surface area contributed by atoms with E-state index in [4.69, 9.17) is 33.2 Å². The number of Topliss-reactive ketones (excluding diaryl/α,β-unsaturated/α-hetero) is 1. The Balaban J connectivity index is 1.22. The molecular weight excluding hydrogens is 961 g/mol. The third-order valence-electron chi connectivity index (χ3n) is 16.3. The van der Waals surface area contributed by atoms with Gasteiger partial charge in [0.25, 0.3) is 0 Å². The number of hydrogen-bond acceptors (Lipinski definition) is 19. The number of ketones is 1. The Hall–Kier alpha value is -3.71. The fourth-order valence-electron chi connectivity index (χ4n) is 11.6. The molecule has 5 heterocycles. The van der Waals surface area contributed by atoms with E-state index in [1.54, 1.807) is 83.6 Å². The average molecular weight is 1050 g/mol. The van der Waals surface area contributed by atoms with Gasteiger partial charge in [0.1, 0.15) is 36.1 Å². The molecule has 5 N–H and O–H groups in total. The molecule has 21 nitrogen and oxygen atoms in total. The monoisotopic (exact) mass is 1050 g/mol. The normalized spacial score (nSPS) is 40.4. The minimum Gasteiger partial charge on any atom is -0.459 e. The number of aliphatic hydroxyl groups excluding tert-OH is 3. The molecule has 4 fully saturated rings. The number of ether oxygens (including phenoxy) is 7. The second-order valence-corrected chi connectivity index (χ2v) is 22.6. The van der Waals surface area contributed by atoms with E-state index in [2.05, 4.69) is 10.3 Å². The molecule has 0 aliphatic carbocycles. The zero-order valence-electron chi connectivity index (χ0n) is 46.0. The van der Waals surface area contributed by atoms with Crippen molar-refractivity contribution in [1.82, 2.24) is 24.8 Å². The number of aliphatic hydroxyl groups is 5. The van der Waals surface area contributed by atoms with Gasteiger partial charge in [0, 0.05) is 68.5 Å². The van der Waals surface area contributed by atoms with Crippen LogP contribution in [0.3, 0.4) is 0 Å². The first-order valence-electron chi connectivity index (χ1n) is 26.4. The Labute approximate surface area is 436 Å². The third-order valence-corrected chi connectivity index (χ3v) is 16.3. The summed E-state index contributed by atoms with van der Waals surface area (Å²) in [7, 11) is 5.22. The Kier molecular flexibility index (Phi) is 19.6. The van der Waals surface area contributed by atoms with E-state index in [1.807, 2.05) is 37.7 Å². The fraction of sp³-hybridized carbons (Fsp3) is 0.792. The predicted octanol–water partition coefficient (Wildman–Crippen LogP) is 3.33. The topological polar surface area (TPSA) is 257 Å². The van der Waals surface area contributed by atoms with Crippen LogP contribution in [0.5, 0.6) is 0 Å². The van der Waals surface area contributed by atoms with E-state index in [0.29, 0.717) is 49.4 Å². The molecule has 0 saturated carbocycles. The van der Waals surface area contributed by atoms with Gasteiger partial charge in [-0.3, -0.25) is 14.5 Å². The van der Waals surface area contributed by atoms with Crippen LogP contribution < -0.4 is 4.90 Å². The van der Waals surface area contributed by atoms with Crippen LogP contribution in [0, 0.1) is 17.8 Å². The molecule has 6 rings (SSSR count). The van der Waals surface area contributed by atoms with Crippen molar-refractivity contribution in [3.05, 3.63) is 41.7 Å². The lowest BCUT2D eigenvalue weighted by molar-refractivity contribution is -0.318. The quantitative estimate of drug-likeness (QED) is 0.134. The first kappa shape index (κ1) is 59.5. The molecule has 19 atom stereocenters. The third kappa shape index (κ3) is 13.5. The van der Waals surface area contributed by atoms with Gasteiger partial charge in [-0.25, -0.2) is 9.48 Å². The lowest BCUT2D eigenvalue weighted by Crippen LogP contribution is -2.61. The molecule has 4 saturated heterocycles. The van der Waals surface area contributed by atoms with E-state index < -0.39 is 120 Å². The van der Waals surface area contributed by atoms with Crippen LogP contribution in [-0.2, 0) is 50.9 Å². The number of esters is 1. The molecule has 2 aromatic rings. The molecule has 74 heavy (non-hydrogen) atoms. The number of cyclic esters (lactones) is 2. The zero-order valence-corrected chi connectivity index (χ0v) is 46.0. The number of rotatable bonds is 14. The maximum atomic E-state index is 14.5. The van der Waals surface area contributed by atoms with Crippen molar-refractivity contribution in [2.75, 3.05) is 45.7 Å². The molecule has 0 unspecified atom stereocenters. The SMILES string of the molecule is CC[C@H]1OC(=O)[C@H](C)[C@@H](O[C@H]2C[C@@](C)(OC)[C@@H](O)[C@H](C)O2)[C@H](C)[C@@H](O[C@@H]2O[C@H](C)C[C@H](N(C)CCc3cn(C[C@H]4CN(c5ccc(C(C)=O)cc5)C(=O)O4)nn3)[C@H]2O)[C@](C)(O)C[C@@H](C)CN(C)[C@H](C)[C@@H](O)[C@]1(C)O. The number of aromatic nitrogens is 3. The highest BCUT2D eigenvalue weighted by molar-refractivity contribution is 5.95. The molecular formula is C53H86N6O15. The largest absolute Gasteiger partial charge is 0.459 e. The Morgan fingerprint density at radius 3 is 2.24 bits per heavy atom. The molecule has 0 spiro atoms. The number of likely N-dealkylation sites (N-methyl/N-ethyl adjacent to an activating group) is 2. The molecule has 1 amide bonds. The number of amides is 1. The predicted molar refractivity (Wildman–Crippen MR) is 271 cm³/mol. The molecule has 1 aromatic carbocycles. The Morgan fingerprint density at radius 2 is 1.61 bits per heavy atom. The van der Waals surface area contributed by atoms with E-state index in [9.17, 15) is 39.9 Å². The number of carbonyl (C=O) groups is 3. The summed E-state index contributed by atoms with van der Waals surface area (Å²) in [5.74, 6) is -2.92. The van der Waals surface area contributed by atoms with Crippen molar-refractivity contribution in [1.29, 1.82) is 0 Å². The highest BCUT2D eigenvalue weighted by atomic mass is 16.7. The summed E-state index contributed by atoms with van der Waals surface area (Å²) in [6.45, 7) is 20.4. The van der Waals surface area contributed by atoms with Crippen molar-refractivity contribution in [2.45, 2.75) is 211 Å². The molecule has 4 aliphatic heterocycles. The molecule has 0 bridgehead atoms. The van der Waals surface area contributed by atoms with Crippen LogP contribution >= 0.6 is 0 Å². The van der Waals surface area contributed by atoms with Crippen LogP contribution in [0.2, 0.25) is 0 Å². The number of hydrogen-bond donors (Lipinski definition) is 5. The van der Waals surface area contributed by atoms with Crippen LogP contribution in [-0.4, -0.2) is 205 Å². The van der Waals surface area contributed by atoms with Gasteiger partial charge in [0.2, 0.25) is 0 Å². The fourth-order valence-corrected chi connectivity index (χ4v) is 11.6. The summed E-state index contributed by atoms with van der Waals surface area (Å²) in [6.07, 6.45) is -8.07. The summed E-state index contributed by atoms with van der Waals surface area (Å²) in [4.78, 5) is 44.5. The standard InChI is InChI=1S/C53H86N6O15/c1-15-41-53(11,67)45(62)33(6)57(13)25-29(2)23-51(9,66)47(31(4)44(32(5)48(64)72-41)73-42-24-52(10,68-14)46(63)35(8)70-42)74-49-43(61)40(22-30(3)69-49)56(12)21-20-37-26-58(55-54-37)27-39-28-59(50(65)71-39)38-18-16-36(17-19-38)34(7)60/h16-19,26,29-33,35,39-47,49,61-63,66-67H,15,20-25,27-28H2,1-14H3/t29-,30-,31+,32-,33-,35+,39+,40+,41-,42+,43-,44+,45-,46+,47-,49+,51-,52-,53-/m1/s1. The van der Waals surface area contributed by atoms with Crippen LogP contribution in [0.15, 0.2) is 30.5 Å². The number of nitrogens with zero attached hydrogens (tertiary/aromatic N) is 6. The van der Waals surface area contributed by atoms with Gasteiger partial charge >= 0.3 is 12.1 Å². The maximum Gasteiger partial charge on any atom is 0.414 e. The number of carbonyl (C=O) groups excluding carboxylic acids is 3. The van der Waals surface area contributed by atoms with Gasteiger partial charge in [-0.2, -0.15) is 0 Å². The lowest BCUT2D eigenvalue weighted by atomic mass is 9.77. The first-order chi connectivity index (χ1) is 34.6. The number of methoxy groups -OCH3 is 1. The van der Waals surface area contributed by atoms with E-state index in [-0.39, 0.29) is 37.5 Å². The van der Waals surface area contributed by atoms with E-state index in [0.717, 1.165) is 0 Å². The second kappa shape index (κ2) is 24.3. The van der Waals surface area contributed by atoms with Crippen molar-refractivity contribution in [3.63, 3.8) is 0 Å². The van der Waals surface area contributed by atoms with Gasteiger partial charge in [-0.1, -0.05) is 26.0 Å². The summed E-state index contributed by atoms with van der Waals surface area (Å²) < 4.78 is 45.6. The summed E-state index contributed by atoms with van der Waals surface area (Å²) in [6, 6.07) is 5.74. The van der Waals surface area contributed by atoms with Gasteiger partial charge in [0.15, 0.2) is 18.4 Å². The molecule has 418 valence electrons. The highest BCUT2D eigenvalue weighted by Gasteiger charge is 2.53. The lowest BCUT2D eigenvalue weighted by Gasteiger charge is -2.49. The first-order valence-corrected chi connectivity index (χ1v) is 26.4. The molecule has 0 radical (unpaired) electrons. The van der Waals surface area contributed by atoms with Crippen LogP contribution in [0.4, 0.5) is 10.5 Å². The van der Waals surface area contributed by atoms with Crippen LogP contribution in [0.1, 0.15) is 118 Å². The zero-order chi connectivity index (χ0) is 54.8. The molecule has 1 aromatic heterocycles. The van der Waals surface area contributed by atoms with Crippen molar-refractivity contribution < 1.29 is 73.1 Å². The smallest absolute Gasteiger partial charge is 0.414 e. The highest BCUT2D eigenvalue weighted by Crippen LogP contribution is 2.40. The van der Waals surface area contributed by atoms with Crippen molar-refractivity contribution in [3.8, 4) is 0 Å². The van der Waals surface area contributed by atoms with Crippen molar-refractivity contribution >= 4 is 23.5 Å². The maximum absolute atomic E-state index is 14.5. The van der Waals surface area contributed by atoms with Crippen molar-refractivity contribution in [2.24, 2.45) is 17.8 Å². The Bertz CT molecular complexity index is 2180. The second-order valence-electron chi connectivity index (χ2n) is 22.6. The average Bonchev–Trinajstić information content (AvgIpc) is 3.96. The van der Waals surface area contributed by atoms with Gasteiger partial charge < -0.3 is 68.5 Å². The number of anilines is 1. The summed E-state index contributed by atoms with van der Waals surface area (Å²) in [5.41, 5.74) is -2.72. The van der Waals surface area contributed by atoms with E-state index >= 15 is 0 Å².